The van der Waals surface area contributed by atoms with Gasteiger partial charge in [0.15, 0.2) is 0 Å². The standard InChI is InChI=1S/C10H10FNO2/c1-2-10(7-12-9(13)14)5-3-8(11)4-6-10/h1,3-5,12H,6-7H2,(H,13,14). The molecule has 1 unspecified atom stereocenters. The number of rotatable bonds is 2. The van der Waals surface area contributed by atoms with E-state index in [4.69, 9.17) is 11.5 Å². The molecule has 14 heavy (non-hydrogen) atoms. The van der Waals surface area contributed by atoms with Crippen LogP contribution in [0.3, 0.4) is 0 Å². The van der Waals surface area contributed by atoms with E-state index in [1.54, 1.807) is 0 Å². The first kappa shape index (κ1) is 10.3. The Morgan fingerprint density at radius 3 is 3.00 bits per heavy atom. The second-order valence-electron chi connectivity index (χ2n) is 3.09. The molecule has 0 radical (unpaired) electrons. The zero-order chi connectivity index (χ0) is 10.6. The summed E-state index contributed by atoms with van der Waals surface area (Å²) < 4.78 is 12.6. The van der Waals surface area contributed by atoms with Gasteiger partial charge in [0, 0.05) is 6.54 Å². The molecule has 0 aromatic carbocycles. The Morgan fingerprint density at radius 1 is 1.86 bits per heavy atom. The molecule has 74 valence electrons. The van der Waals surface area contributed by atoms with Crippen molar-refractivity contribution in [2.45, 2.75) is 6.42 Å². The van der Waals surface area contributed by atoms with Gasteiger partial charge in [0.05, 0.1) is 5.41 Å². The summed E-state index contributed by atoms with van der Waals surface area (Å²) in [6, 6.07) is 0. The Morgan fingerprint density at radius 2 is 2.57 bits per heavy atom. The summed E-state index contributed by atoms with van der Waals surface area (Å²) >= 11 is 0. The molecule has 0 saturated heterocycles. The highest BCUT2D eigenvalue weighted by Crippen LogP contribution is 2.28. The maximum atomic E-state index is 12.6. The van der Waals surface area contributed by atoms with Crippen LogP contribution in [0.15, 0.2) is 24.1 Å². The minimum Gasteiger partial charge on any atom is -0.465 e. The molecule has 0 aromatic heterocycles. The van der Waals surface area contributed by atoms with Gasteiger partial charge in [-0.1, -0.05) is 12.0 Å². The third-order valence-electron chi connectivity index (χ3n) is 2.07. The maximum Gasteiger partial charge on any atom is 0.404 e. The lowest BCUT2D eigenvalue weighted by molar-refractivity contribution is 0.191. The number of amides is 1. The number of terminal acetylenes is 1. The quantitative estimate of drug-likeness (QED) is 0.658. The molecule has 0 aliphatic heterocycles. The van der Waals surface area contributed by atoms with Gasteiger partial charge in [0.25, 0.3) is 0 Å². The largest absolute Gasteiger partial charge is 0.465 e. The Labute approximate surface area is 81.3 Å². The van der Waals surface area contributed by atoms with E-state index in [0.29, 0.717) is 6.42 Å². The normalized spacial score (nSPS) is 25.0. The average molecular weight is 195 g/mol. The van der Waals surface area contributed by atoms with Crippen molar-refractivity contribution in [1.82, 2.24) is 5.32 Å². The van der Waals surface area contributed by atoms with Crippen LogP contribution in [0.2, 0.25) is 0 Å². The number of carbonyl (C=O) groups is 1. The number of halogens is 1. The molecule has 2 N–H and O–H groups in total. The Bertz CT molecular complexity index is 341. The summed E-state index contributed by atoms with van der Waals surface area (Å²) in [4.78, 5) is 10.3. The minimum atomic E-state index is -1.14. The van der Waals surface area contributed by atoms with Crippen molar-refractivity contribution in [2.75, 3.05) is 6.54 Å². The van der Waals surface area contributed by atoms with Gasteiger partial charge in [-0.2, -0.15) is 0 Å². The summed E-state index contributed by atoms with van der Waals surface area (Å²) in [7, 11) is 0. The lowest BCUT2D eigenvalue weighted by atomic mass is 9.82. The first-order chi connectivity index (χ1) is 6.58. The van der Waals surface area contributed by atoms with Crippen LogP contribution in [-0.4, -0.2) is 17.7 Å². The minimum absolute atomic E-state index is 0.0963. The number of carboxylic acid groups (broad SMARTS) is 1. The van der Waals surface area contributed by atoms with Crippen LogP contribution < -0.4 is 5.32 Å². The van der Waals surface area contributed by atoms with E-state index in [1.807, 2.05) is 0 Å². The summed E-state index contributed by atoms with van der Waals surface area (Å²) in [6.07, 6.45) is 8.58. The van der Waals surface area contributed by atoms with Crippen LogP contribution in [0.5, 0.6) is 0 Å². The monoisotopic (exact) mass is 195 g/mol. The predicted molar refractivity (Wildman–Crippen MR) is 50.2 cm³/mol. The Hall–Kier alpha value is -1.76. The first-order valence-corrected chi connectivity index (χ1v) is 4.07. The van der Waals surface area contributed by atoms with Gasteiger partial charge < -0.3 is 10.4 Å². The van der Waals surface area contributed by atoms with Gasteiger partial charge in [-0.25, -0.2) is 9.18 Å². The van der Waals surface area contributed by atoms with Crippen LogP contribution in [0.25, 0.3) is 0 Å². The summed E-state index contributed by atoms with van der Waals surface area (Å²) in [6.45, 7) is 0.0963. The van der Waals surface area contributed by atoms with E-state index in [9.17, 15) is 9.18 Å². The van der Waals surface area contributed by atoms with Crippen LogP contribution in [0.1, 0.15) is 6.42 Å². The molecule has 0 heterocycles. The van der Waals surface area contributed by atoms with Gasteiger partial charge in [-0.05, 0) is 18.6 Å². The maximum absolute atomic E-state index is 12.6. The van der Waals surface area contributed by atoms with E-state index in [1.165, 1.54) is 18.2 Å². The van der Waals surface area contributed by atoms with E-state index >= 15 is 0 Å². The summed E-state index contributed by atoms with van der Waals surface area (Å²) in [5.74, 6) is 2.13. The Balaban J connectivity index is 2.67. The van der Waals surface area contributed by atoms with Gasteiger partial charge in [-0.3, -0.25) is 0 Å². The van der Waals surface area contributed by atoms with Crippen molar-refractivity contribution < 1.29 is 14.3 Å². The van der Waals surface area contributed by atoms with Crippen LogP contribution in [0, 0.1) is 17.8 Å². The molecule has 3 nitrogen and oxygen atoms in total. The highest BCUT2D eigenvalue weighted by atomic mass is 19.1. The zero-order valence-corrected chi connectivity index (χ0v) is 7.46. The molecule has 0 bridgehead atoms. The number of hydrogen-bond acceptors (Lipinski definition) is 1. The molecule has 0 spiro atoms. The third kappa shape index (κ3) is 2.36. The molecule has 1 aliphatic carbocycles. The number of hydrogen-bond donors (Lipinski definition) is 2. The molecule has 1 atom stereocenters. The molecule has 4 heteroatoms. The molecule has 1 rings (SSSR count). The molecule has 1 aliphatic rings. The van der Waals surface area contributed by atoms with Crippen molar-refractivity contribution in [2.24, 2.45) is 5.41 Å². The second kappa shape index (κ2) is 3.97. The highest BCUT2D eigenvalue weighted by Gasteiger charge is 2.26. The second-order valence-corrected chi connectivity index (χ2v) is 3.09. The highest BCUT2D eigenvalue weighted by molar-refractivity contribution is 5.64. The molecule has 0 saturated carbocycles. The van der Waals surface area contributed by atoms with Gasteiger partial charge in [0.2, 0.25) is 0 Å². The van der Waals surface area contributed by atoms with Crippen molar-refractivity contribution in [3.63, 3.8) is 0 Å². The molecular weight excluding hydrogens is 185 g/mol. The van der Waals surface area contributed by atoms with Crippen molar-refractivity contribution in [1.29, 1.82) is 0 Å². The lowest BCUT2D eigenvalue weighted by Gasteiger charge is -2.25. The topological polar surface area (TPSA) is 49.3 Å². The summed E-state index contributed by atoms with van der Waals surface area (Å²) in [5.41, 5.74) is -0.728. The molecule has 0 aromatic rings. The number of allylic oxidation sites excluding steroid dienone is 3. The fourth-order valence-electron chi connectivity index (χ4n) is 1.18. The molecule has 1 amide bonds. The van der Waals surface area contributed by atoms with E-state index in [0.717, 1.165) is 0 Å². The fourth-order valence-corrected chi connectivity index (χ4v) is 1.18. The van der Waals surface area contributed by atoms with Crippen molar-refractivity contribution in [3.05, 3.63) is 24.1 Å². The summed E-state index contributed by atoms with van der Waals surface area (Å²) in [5, 5.41) is 10.6. The van der Waals surface area contributed by atoms with E-state index < -0.39 is 11.5 Å². The molecular formula is C10H10FNO2. The lowest BCUT2D eigenvalue weighted by Crippen LogP contribution is -2.35. The average Bonchev–Trinajstić information content (AvgIpc) is 2.18. The number of nitrogens with one attached hydrogen (secondary N) is 1. The fraction of sp³-hybridized carbons (Fsp3) is 0.300. The van der Waals surface area contributed by atoms with Gasteiger partial charge >= 0.3 is 6.09 Å². The zero-order valence-electron chi connectivity index (χ0n) is 7.46. The van der Waals surface area contributed by atoms with Gasteiger partial charge in [0.1, 0.15) is 5.83 Å². The molecule has 0 fully saturated rings. The van der Waals surface area contributed by atoms with Crippen LogP contribution >= 0.6 is 0 Å². The smallest absolute Gasteiger partial charge is 0.404 e. The Kier molecular flexibility index (Phi) is 2.92. The van der Waals surface area contributed by atoms with E-state index in [-0.39, 0.29) is 12.4 Å². The van der Waals surface area contributed by atoms with Crippen molar-refractivity contribution in [3.8, 4) is 12.3 Å². The SMILES string of the molecule is C#CC1(CNC(=O)O)C=CC(F)=CC1. The van der Waals surface area contributed by atoms with Crippen LogP contribution in [-0.2, 0) is 0 Å². The predicted octanol–water partition coefficient (Wildman–Crippen LogP) is 1.69. The van der Waals surface area contributed by atoms with Crippen molar-refractivity contribution >= 4 is 6.09 Å². The van der Waals surface area contributed by atoms with E-state index in [2.05, 4.69) is 11.2 Å². The van der Waals surface area contributed by atoms with Gasteiger partial charge in [-0.15, -0.1) is 6.42 Å². The third-order valence-corrected chi connectivity index (χ3v) is 2.07. The van der Waals surface area contributed by atoms with Crippen LogP contribution in [0.4, 0.5) is 9.18 Å². The first-order valence-electron chi connectivity index (χ1n) is 4.07.